The highest BCUT2D eigenvalue weighted by molar-refractivity contribution is 7.80. The highest BCUT2D eigenvalue weighted by atomic mass is 35.5. The molecule has 1 saturated carbocycles. The molecule has 1 N–H and O–H groups in total. The minimum Gasteiger partial charge on any atom is -0.347 e. The molecule has 136 valence electrons. The lowest BCUT2D eigenvalue weighted by Gasteiger charge is -2.29. The minimum absolute atomic E-state index is 0.0136. The maximum atomic E-state index is 14.5. The van der Waals surface area contributed by atoms with Gasteiger partial charge in [0.15, 0.2) is 0 Å². The summed E-state index contributed by atoms with van der Waals surface area (Å²) in [6, 6.07) is 6.60. The molecule has 0 aromatic heterocycles. The lowest BCUT2D eigenvalue weighted by molar-refractivity contribution is -0.120. The van der Waals surface area contributed by atoms with E-state index in [1.54, 1.807) is 12.1 Å². The van der Waals surface area contributed by atoms with E-state index in [0.717, 1.165) is 17.8 Å². The molecule has 4 rings (SSSR count). The highest BCUT2D eigenvalue weighted by Crippen LogP contribution is 2.67. The fourth-order valence-corrected chi connectivity index (χ4v) is 4.88. The van der Waals surface area contributed by atoms with E-state index in [2.05, 4.69) is 22.8 Å². The average Bonchev–Trinajstić information content (AvgIpc) is 3.17. The summed E-state index contributed by atoms with van der Waals surface area (Å²) in [5.74, 6) is -0.278. The lowest BCUT2D eigenvalue weighted by Crippen LogP contribution is -2.36. The van der Waals surface area contributed by atoms with Crippen LogP contribution in [0.1, 0.15) is 18.4 Å². The molecule has 1 aromatic carbocycles. The van der Waals surface area contributed by atoms with Crippen molar-refractivity contribution in [1.82, 2.24) is 15.1 Å². The van der Waals surface area contributed by atoms with E-state index in [9.17, 15) is 9.18 Å². The van der Waals surface area contributed by atoms with Crippen LogP contribution in [0.25, 0.3) is 0 Å². The SMILES string of the molecule is CN1C(CC(=O)NCC#N)=C2[C@@H]3C[C@]3(c3cc(Cl)ccc3F)CN2C1S. The van der Waals surface area contributed by atoms with Gasteiger partial charge >= 0.3 is 0 Å². The third-order valence-corrected chi connectivity index (χ3v) is 6.53. The number of nitrogens with one attached hydrogen (secondary N) is 1. The van der Waals surface area contributed by atoms with Crippen LogP contribution in [0.15, 0.2) is 29.6 Å². The van der Waals surface area contributed by atoms with Crippen LogP contribution in [0.2, 0.25) is 5.02 Å². The van der Waals surface area contributed by atoms with Gasteiger partial charge in [-0.3, -0.25) is 4.79 Å². The molecule has 2 fully saturated rings. The zero-order valence-electron chi connectivity index (χ0n) is 14.2. The Morgan fingerprint density at radius 2 is 2.35 bits per heavy atom. The van der Waals surface area contributed by atoms with Crippen molar-refractivity contribution in [3.05, 3.63) is 46.0 Å². The van der Waals surface area contributed by atoms with Crippen LogP contribution in [-0.2, 0) is 10.2 Å². The summed E-state index contributed by atoms with van der Waals surface area (Å²) < 4.78 is 14.5. The number of nitrogens with zero attached hydrogens (tertiary/aromatic N) is 3. The first-order valence-corrected chi connectivity index (χ1v) is 9.28. The largest absolute Gasteiger partial charge is 0.347 e. The number of thiol groups is 1. The van der Waals surface area contributed by atoms with Crippen molar-refractivity contribution in [3.8, 4) is 6.07 Å². The fourth-order valence-electron chi connectivity index (χ4n) is 4.36. The fraction of sp³-hybridized carbons (Fsp3) is 0.444. The summed E-state index contributed by atoms with van der Waals surface area (Å²) in [6.45, 7) is 0.645. The third kappa shape index (κ3) is 2.47. The molecule has 1 saturated heterocycles. The lowest BCUT2D eigenvalue weighted by atomic mass is 9.94. The molecule has 0 radical (unpaired) electrons. The zero-order valence-corrected chi connectivity index (χ0v) is 15.8. The van der Waals surface area contributed by atoms with Crippen LogP contribution in [0.4, 0.5) is 4.39 Å². The second-order valence-electron chi connectivity index (χ2n) is 7.07. The molecule has 1 aromatic rings. The van der Waals surface area contributed by atoms with Crippen molar-refractivity contribution in [1.29, 1.82) is 5.26 Å². The number of piperidine rings is 1. The molecule has 2 aliphatic heterocycles. The Labute approximate surface area is 161 Å². The van der Waals surface area contributed by atoms with Gasteiger partial charge in [-0.15, -0.1) is 12.6 Å². The third-order valence-electron chi connectivity index (χ3n) is 5.67. The summed E-state index contributed by atoms with van der Waals surface area (Å²) in [4.78, 5) is 16.2. The molecule has 0 bridgehead atoms. The molecule has 1 amide bonds. The predicted octanol–water partition coefficient (Wildman–Crippen LogP) is 2.45. The number of carbonyl (C=O) groups is 1. The van der Waals surface area contributed by atoms with E-state index in [1.807, 2.05) is 18.0 Å². The molecular weight excluding hydrogens is 375 g/mol. The molecule has 3 atom stereocenters. The number of carbonyl (C=O) groups excluding carboxylic acids is 1. The number of rotatable bonds is 4. The Bertz CT molecular complexity index is 869. The topological polar surface area (TPSA) is 59.4 Å². The first-order valence-electron chi connectivity index (χ1n) is 8.39. The summed E-state index contributed by atoms with van der Waals surface area (Å²) in [6.07, 6.45) is 1.03. The molecule has 26 heavy (non-hydrogen) atoms. The van der Waals surface area contributed by atoms with Crippen molar-refractivity contribution in [2.45, 2.75) is 23.8 Å². The van der Waals surface area contributed by atoms with E-state index in [1.165, 1.54) is 6.07 Å². The maximum Gasteiger partial charge on any atom is 0.226 e. The van der Waals surface area contributed by atoms with Crippen LogP contribution in [0, 0.1) is 23.1 Å². The van der Waals surface area contributed by atoms with Gasteiger partial charge in [-0.1, -0.05) is 11.6 Å². The Morgan fingerprint density at radius 3 is 3.08 bits per heavy atom. The number of fused-ring (bicyclic) bond motifs is 3. The second kappa shape index (κ2) is 6.07. The van der Waals surface area contributed by atoms with Crippen LogP contribution < -0.4 is 5.32 Å². The summed E-state index contributed by atoms with van der Waals surface area (Å²) in [7, 11) is 1.90. The molecule has 8 heteroatoms. The van der Waals surface area contributed by atoms with E-state index < -0.39 is 0 Å². The first kappa shape index (κ1) is 17.5. The van der Waals surface area contributed by atoms with Crippen molar-refractivity contribution in [2.24, 2.45) is 5.92 Å². The summed E-state index contributed by atoms with van der Waals surface area (Å²) >= 11 is 10.8. The quantitative estimate of drug-likeness (QED) is 0.610. The molecule has 3 aliphatic rings. The number of allylic oxidation sites excluding steroid dienone is 1. The minimum atomic E-state index is -0.291. The van der Waals surface area contributed by atoms with Gasteiger partial charge in [0.1, 0.15) is 17.9 Å². The van der Waals surface area contributed by atoms with Gasteiger partial charge in [0.05, 0.1) is 12.5 Å². The van der Waals surface area contributed by atoms with E-state index in [4.69, 9.17) is 16.9 Å². The molecule has 1 aliphatic carbocycles. The van der Waals surface area contributed by atoms with Gasteiger partial charge in [0.25, 0.3) is 0 Å². The number of benzene rings is 1. The van der Waals surface area contributed by atoms with E-state index in [-0.39, 0.29) is 41.5 Å². The first-order chi connectivity index (χ1) is 12.4. The van der Waals surface area contributed by atoms with Gasteiger partial charge < -0.3 is 15.1 Å². The highest BCUT2D eigenvalue weighted by Gasteiger charge is 2.67. The monoisotopic (exact) mass is 392 g/mol. The van der Waals surface area contributed by atoms with Crippen molar-refractivity contribution in [2.75, 3.05) is 20.1 Å². The van der Waals surface area contributed by atoms with Gasteiger partial charge in [0, 0.05) is 41.3 Å². The number of nitriles is 1. The van der Waals surface area contributed by atoms with Crippen molar-refractivity contribution in [3.63, 3.8) is 0 Å². The number of hydrogen-bond acceptors (Lipinski definition) is 5. The van der Waals surface area contributed by atoms with Crippen molar-refractivity contribution >= 4 is 30.1 Å². The molecule has 1 unspecified atom stereocenters. The van der Waals surface area contributed by atoms with Crippen LogP contribution in [0.3, 0.4) is 0 Å². The number of hydrogen-bond donors (Lipinski definition) is 2. The average molecular weight is 393 g/mol. The van der Waals surface area contributed by atoms with Gasteiger partial charge in [0.2, 0.25) is 5.91 Å². The maximum absolute atomic E-state index is 14.5. The Kier molecular flexibility index (Phi) is 4.08. The van der Waals surface area contributed by atoms with Gasteiger partial charge in [-0.25, -0.2) is 4.39 Å². The molecule has 0 spiro atoms. The standard InChI is InChI=1S/C18H18ClFN4OS/c1-23-14(7-15(25)22-5-4-21)16-12-8-18(12,9-24(16)17(23)26)11-6-10(19)2-3-13(11)20/h2-3,6,12,17,26H,5,7-9H2,1H3,(H,22,25)/t12-,17?,18+/m0/s1. The Morgan fingerprint density at radius 1 is 1.58 bits per heavy atom. The second-order valence-corrected chi connectivity index (χ2v) is 7.96. The van der Waals surface area contributed by atoms with Crippen LogP contribution in [0.5, 0.6) is 0 Å². The predicted molar refractivity (Wildman–Crippen MR) is 98.7 cm³/mol. The van der Waals surface area contributed by atoms with Gasteiger partial charge in [-0.05, 0) is 30.2 Å². The molecule has 5 nitrogen and oxygen atoms in total. The molecular formula is C18H18ClFN4OS. The van der Waals surface area contributed by atoms with E-state index in [0.29, 0.717) is 17.1 Å². The van der Waals surface area contributed by atoms with Crippen molar-refractivity contribution < 1.29 is 9.18 Å². The van der Waals surface area contributed by atoms with Crippen LogP contribution >= 0.6 is 24.2 Å². The normalized spacial score (nSPS) is 28.7. The summed E-state index contributed by atoms with van der Waals surface area (Å²) in [5.41, 5.74) is 2.14. The molecule has 2 heterocycles. The van der Waals surface area contributed by atoms with E-state index >= 15 is 0 Å². The van der Waals surface area contributed by atoms with Gasteiger partial charge in [-0.2, -0.15) is 5.26 Å². The number of halogens is 2. The summed E-state index contributed by atoms with van der Waals surface area (Å²) in [5, 5.41) is 11.7. The Hall–Kier alpha value is -1.91. The zero-order chi connectivity index (χ0) is 18.6. The van der Waals surface area contributed by atoms with Crippen LogP contribution in [-0.4, -0.2) is 41.3 Å². The number of amides is 1. The smallest absolute Gasteiger partial charge is 0.226 e. The Balaban J connectivity index is 1.67.